The Morgan fingerprint density at radius 1 is 1.69 bits per heavy atom. The van der Waals surface area contributed by atoms with Crippen molar-refractivity contribution in [2.75, 3.05) is 12.4 Å². The molecule has 1 amide bonds. The van der Waals surface area contributed by atoms with Crippen LogP contribution in [-0.4, -0.2) is 13.0 Å². The van der Waals surface area contributed by atoms with Crippen LogP contribution in [0.15, 0.2) is 16.6 Å². The molecule has 4 nitrogen and oxygen atoms in total. The van der Waals surface area contributed by atoms with Gasteiger partial charge in [0.25, 0.3) is 0 Å². The first-order chi connectivity index (χ1) is 7.58. The second-order valence-corrected chi connectivity index (χ2v) is 4.11. The van der Waals surface area contributed by atoms with Gasteiger partial charge in [-0.25, -0.2) is 0 Å². The molecule has 0 fully saturated rings. The van der Waals surface area contributed by atoms with Gasteiger partial charge in [0.1, 0.15) is 12.2 Å². The van der Waals surface area contributed by atoms with Crippen LogP contribution in [0.1, 0.15) is 6.42 Å². The Labute approximate surface area is 106 Å². The Balaban J connectivity index is 2.96. The van der Waals surface area contributed by atoms with E-state index >= 15 is 0 Å². The lowest BCUT2D eigenvalue weighted by Crippen LogP contribution is -2.10. The first-order valence-electron chi connectivity index (χ1n) is 4.28. The van der Waals surface area contributed by atoms with Crippen molar-refractivity contribution in [3.63, 3.8) is 0 Å². The van der Waals surface area contributed by atoms with Crippen molar-refractivity contribution in [3.05, 3.63) is 21.6 Å². The molecule has 0 aromatic heterocycles. The first-order valence-corrected chi connectivity index (χ1v) is 5.45. The van der Waals surface area contributed by atoms with Crippen LogP contribution in [0.25, 0.3) is 0 Å². The number of methoxy groups -OCH3 is 1. The maximum atomic E-state index is 11.2. The fourth-order valence-electron chi connectivity index (χ4n) is 1.05. The third kappa shape index (κ3) is 3.12. The third-order valence-electron chi connectivity index (χ3n) is 1.76. The lowest BCUT2D eigenvalue weighted by Gasteiger charge is -2.09. The van der Waals surface area contributed by atoms with Crippen LogP contribution < -0.4 is 10.1 Å². The van der Waals surface area contributed by atoms with Crippen molar-refractivity contribution in [2.24, 2.45) is 0 Å². The Morgan fingerprint density at radius 2 is 2.38 bits per heavy atom. The van der Waals surface area contributed by atoms with Gasteiger partial charge in [0.2, 0.25) is 5.91 Å². The Morgan fingerprint density at radius 3 is 2.94 bits per heavy atom. The Bertz CT molecular complexity index is 457. The highest BCUT2D eigenvalue weighted by atomic mass is 79.9. The summed E-state index contributed by atoms with van der Waals surface area (Å²) in [6.45, 7) is 0. The number of amides is 1. The van der Waals surface area contributed by atoms with Crippen LogP contribution in [0.3, 0.4) is 0 Å². The lowest BCUT2D eigenvalue weighted by atomic mass is 10.3. The third-order valence-corrected chi connectivity index (χ3v) is 2.71. The number of hydrogen-bond donors (Lipinski definition) is 1. The average molecular weight is 304 g/mol. The molecule has 0 aliphatic carbocycles. The van der Waals surface area contributed by atoms with Gasteiger partial charge in [-0.2, -0.15) is 5.26 Å². The second kappa shape index (κ2) is 5.73. The molecule has 0 atom stereocenters. The van der Waals surface area contributed by atoms with E-state index in [9.17, 15) is 4.79 Å². The van der Waals surface area contributed by atoms with Crippen molar-refractivity contribution < 1.29 is 9.53 Å². The summed E-state index contributed by atoms with van der Waals surface area (Å²) in [5, 5.41) is 11.4. The monoisotopic (exact) mass is 302 g/mol. The van der Waals surface area contributed by atoms with E-state index < -0.39 is 0 Å². The molecule has 0 saturated heterocycles. The number of ether oxygens (including phenoxy) is 1. The van der Waals surface area contributed by atoms with Gasteiger partial charge in [-0.15, -0.1) is 0 Å². The van der Waals surface area contributed by atoms with Crippen molar-refractivity contribution in [3.8, 4) is 11.8 Å². The van der Waals surface area contributed by atoms with Gasteiger partial charge in [0.05, 0.1) is 23.9 Å². The van der Waals surface area contributed by atoms with Gasteiger partial charge in [0, 0.05) is 10.5 Å². The lowest BCUT2D eigenvalue weighted by molar-refractivity contribution is -0.115. The number of carbonyl (C=O) groups is 1. The molecule has 0 heterocycles. The number of carbonyl (C=O) groups excluding carboxylic acids is 1. The highest BCUT2D eigenvalue weighted by Crippen LogP contribution is 2.34. The molecular formula is C10H8BrClN2O2. The van der Waals surface area contributed by atoms with Crippen molar-refractivity contribution >= 4 is 39.1 Å². The zero-order chi connectivity index (χ0) is 12.1. The number of nitrogens with zero attached hydrogens (tertiary/aromatic N) is 1. The standard InChI is InChI=1S/C10H8BrClN2O2/c1-16-9-5-8(6(11)4-7(9)12)14-10(15)2-3-13/h4-5H,2H2,1H3,(H,14,15). The van der Waals surface area contributed by atoms with E-state index in [1.807, 2.05) is 0 Å². The number of hydrogen-bond acceptors (Lipinski definition) is 3. The number of nitriles is 1. The van der Waals surface area contributed by atoms with E-state index in [0.717, 1.165) is 0 Å². The first kappa shape index (κ1) is 12.8. The molecule has 1 rings (SSSR count). The highest BCUT2D eigenvalue weighted by molar-refractivity contribution is 9.10. The topological polar surface area (TPSA) is 62.1 Å². The van der Waals surface area contributed by atoms with Gasteiger partial charge in [-0.1, -0.05) is 11.6 Å². The predicted octanol–water partition coefficient (Wildman–Crippen LogP) is 2.96. The van der Waals surface area contributed by atoms with Gasteiger partial charge < -0.3 is 10.1 Å². The van der Waals surface area contributed by atoms with E-state index in [1.165, 1.54) is 7.11 Å². The molecular weight excluding hydrogens is 295 g/mol. The zero-order valence-electron chi connectivity index (χ0n) is 8.38. The molecule has 16 heavy (non-hydrogen) atoms. The van der Waals surface area contributed by atoms with Crippen LogP contribution in [0, 0.1) is 11.3 Å². The summed E-state index contributed by atoms with van der Waals surface area (Å²) in [7, 11) is 1.48. The van der Waals surface area contributed by atoms with Crippen LogP contribution >= 0.6 is 27.5 Å². The summed E-state index contributed by atoms with van der Waals surface area (Å²) in [6, 6.07) is 4.96. The Hall–Kier alpha value is -1.25. The quantitative estimate of drug-likeness (QED) is 0.934. The highest BCUT2D eigenvalue weighted by Gasteiger charge is 2.09. The summed E-state index contributed by atoms with van der Waals surface area (Å²) >= 11 is 9.13. The number of benzene rings is 1. The molecule has 0 aliphatic rings. The van der Waals surface area contributed by atoms with E-state index in [1.54, 1.807) is 18.2 Å². The van der Waals surface area contributed by atoms with Gasteiger partial charge in [-0.05, 0) is 22.0 Å². The number of halogens is 2. The minimum absolute atomic E-state index is 0.197. The SMILES string of the molecule is COc1cc(NC(=O)CC#N)c(Br)cc1Cl. The average Bonchev–Trinajstić information content (AvgIpc) is 2.22. The number of anilines is 1. The van der Waals surface area contributed by atoms with Crippen LogP contribution in [0.5, 0.6) is 5.75 Å². The fraction of sp³-hybridized carbons (Fsp3) is 0.200. The number of nitrogens with one attached hydrogen (secondary N) is 1. The molecule has 1 aromatic rings. The number of rotatable bonds is 3. The molecule has 1 N–H and O–H groups in total. The normalized spacial score (nSPS) is 9.38. The molecule has 0 saturated carbocycles. The maximum absolute atomic E-state index is 11.2. The summed E-state index contributed by atoms with van der Waals surface area (Å²) in [6.07, 6.45) is -0.197. The minimum atomic E-state index is -0.382. The molecule has 1 aromatic carbocycles. The summed E-state index contributed by atoms with van der Waals surface area (Å²) in [5.41, 5.74) is 0.515. The van der Waals surface area contributed by atoms with E-state index in [-0.39, 0.29) is 12.3 Å². The zero-order valence-corrected chi connectivity index (χ0v) is 10.7. The van der Waals surface area contributed by atoms with Gasteiger partial charge >= 0.3 is 0 Å². The summed E-state index contributed by atoms with van der Waals surface area (Å²) in [4.78, 5) is 11.2. The molecule has 0 bridgehead atoms. The summed E-state index contributed by atoms with van der Waals surface area (Å²) in [5.74, 6) is 0.0738. The molecule has 0 unspecified atom stereocenters. The van der Waals surface area contributed by atoms with Crippen molar-refractivity contribution in [2.45, 2.75) is 6.42 Å². The minimum Gasteiger partial charge on any atom is -0.495 e. The molecule has 0 aliphatic heterocycles. The predicted molar refractivity (Wildman–Crippen MR) is 64.6 cm³/mol. The largest absolute Gasteiger partial charge is 0.495 e. The smallest absolute Gasteiger partial charge is 0.238 e. The maximum Gasteiger partial charge on any atom is 0.238 e. The molecule has 6 heteroatoms. The Kier molecular flexibility index (Phi) is 4.59. The van der Waals surface area contributed by atoms with Gasteiger partial charge in [0.15, 0.2) is 0 Å². The molecule has 0 radical (unpaired) electrons. The fourth-order valence-corrected chi connectivity index (χ4v) is 1.86. The van der Waals surface area contributed by atoms with E-state index in [4.69, 9.17) is 21.6 Å². The van der Waals surface area contributed by atoms with Crippen molar-refractivity contribution in [1.29, 1.82) is 5.26 Å². The second-order valence-electron chi connectivity index (χ2n) is 2.85. The van der Waals surface area contributed by atoms with E-state index in [2.05, 4.69) is 21.2 Å². The van der Waals surface area contributed by atoms with Crippen molar-refractivity contribution in [1.82, 2.24) is 0 Å². The van der Waals surface area contributed by atoms with E-state index in [0.29, 0.717) is 20.9 Å². The van der Waals surface area contributed by atoms with Crippen LogP contribution in [-0.2, 0) is 4.79 Å². The van der Waals surface area contributed by atoms with Crippen LogP contribution in [0.4, 0.5) is 5.69 Å². The molecule has 0 spiro atoms. The van der Waals surface area contributed by atoms with Gasteiger partial charge in [-0.3, -0.25) is 4.79 Å². The summed E-state index contributed by atoms with van der Waals surface area (Å²) < 4.78 is 5.64. The molecule has 84 valence electrons. The van der Waals surface area contributed by atoms with Crippen LogP contribution in [0.2, 0.25) is 5.02 Å².